The number of para-hydroxylation sites is 2. The number of hydrogen-bond donors (Lipinski definition) is 2. The Hall–Kier alpha value is -2.45. The van der Waals surface area contributed by atoms with Crippen LogP contribution in [0.2, 0.25) is 0 Å². The number of carbonyl (C=O) groups excluding carboxylic acids is 2. The first-order chi connectivity index (χ1) is 10.8. The van der Waals surface area contributed by atoms with Crippen LogP contribution in [-0.2, 0) is 9.53 Å². The van der Waals surface area contributed by atoms with E-state index in [9.17, 15) is 22.8 Å². The molecular formula is C14H17F3N2O4. The van der Waals surface area contributed by atoms with Crippen LogP contribution in [-0.4, -0.2) is 32.0 Å². The Kier molecular flexibility index (Phi) is 7.17. The molecule has 0 aliphatic carbocycles. The lowest BCUT2D eigenvalue weighted by Gasteiger charge is -2.14. The van der Waals surface area contributed by atoms with Gasteiger partial charge < -0.3 is 20.1 Å². The van der Waals surface area contributed by atoms with E-state index in [0.717, 1.165) is 6.07 Å². The van der Waals surface area contributed by atoms with Crippen LogP contribution in [0.15, 0.2) is 24.3 Å². The molecule has 0 unspecified atom stereocenters. The summed E-state index contributed by atoms with van der Waals surface area (Å²) in [6.45, 7) is 0.269. The van der Waals surface area contributed by atoms with Crippen molar-refractivity contribution < 1.29 is 32.2 Å². The van der Waals surface area contributed by atoms with Crippen LogP contribution in [0.3, 0.4) is 0 Å². The van der Waals surface area contributed by atoms with Gasteiger partial charge in [0.15, 0.2) is 5.75 Å². The van der Waals surface area contributed by atoms with E-state index in [2.05, 4.69) is 20.1 Å². The van der Waals surface area contributed by atoms with Crippen molar-refractivity contribution in [2.24, 2.45) is 0 Å². The predicted molar refractivity (Wildman–Crippen MR) is 76.0 cm³/mol. The molecule has 1 rings (SSSR count). The SMILES string of the molecule is COC(=O)CCCCNC(=O)Nc1ccccc1OC(F)(F)F. The van der Waals surface area contributed by atoms with Gasteiger partial charge in [-0.3, -0.25) is 4.79 Å². The molecule has 0 saturated carbocycles. The second kappa shape index (κ2) is 8.86. The molecule has 0 bridgehead atoms. The van der Waals surface area contributed by atoms with Crippen molar-refractivity contribution in [3.8, 4) is 5.75 Å². The summed E-state index contributed by atoms with van der Waals surface area (Å²) in [5, 5.41) is 4.75. The normalized spacial score (nSPS) is 10.8. The topological polar surface area (TPSA) is 76.7 Å². The van der Waals surface area contributed by atoms with Crippen LogP contribution in [0.1, 0.15) is 19.3 Å². The van der Waals surface area contributed by atoms with Crippen molar-refractivity contribution in [2.45, 2.75) is 25.6 Å². The summed E-state index contributed by atoms with van der Waals surface area (Å²) < 4.78 is 45.0. The molecule has 0 aliphatic heterocycles. The van der Waals surface area contributed by atoms with E-state index < -0.39 is 18.1 Å². The van der Waals surface area contributed by atoms with Crippen LogP contribution < -0.4 is 15.4 Å². The Bertz CT molecular complexity index is 535. The molecule has 2 N–H and O–H groups in total. The number of benzene rings is 1. The van der Waals surface area contributed by atoms with Gasteiger partial charge in [0.1, 0.15) is 0 Å². The number of halogens is 3. The molecule has 2 amide bonds. The zero-order valence-corrected chi connectivity index (χ0v) is 12.4. The molecule has 0 spiro atoms. The maximum Gasteiger partial charge on any atom is 0.573 e. The van der Waals surface area contributed by atoms with Crippen molar-refractivity contribution in [3.05, 3.63) is 24.3 Å². The third-order valence-corrected chi connectivity index (χ3v) is 2.68. The van der Waals surface area contributed by atoms with Gasteiger partial charge in [-0.05, 0) is 25.0 Å². The quantitative estimate of drug-likeness (QED) is 0.593. The number of hydrogen-bond acceptors (Lipinski definition) is 4. The van der Waals surface area contributed by atoms with Gasteiger partial charge in [0, 0.05) is 13.0 Å². The second-order valence-electron chi connectivity index (χ2n) is 4.46. The van der Waals surface area contributed by atoms with E-state index >= 15 is 0 Å². The number of esters is 1. The Morgan fingerprint density at radius 3 is 2.52 bits per heavy atom. The zero-order valence-electron chi connectivity index (χ0n) is 12.4. The van der Waals surface area contributed by atoms with Gasteiger partial charge in [-0.15, -0.1) is 13.2 Å². The standard InChI is InChI=1S/C14H17F3N2O4/c1-22-12(20)8-4-5-9-18-13(21)19-10-6-2-3-7-11(10)23-14(15,16)17/h2-3,6-7H,4-5,8-9H2,1H3,(H2,18,19,21). The molecule has 0 saturated heterocycles. The molecule has 9 heteroatoms. The Labute approximate surface area is 130 Å². The third-order valence-electron chi connectivity index (χ3n) is 2.68. The van der Waals surface area contributed by atoms with Crippen LogP contribution in [0.25, 0.3) is 0 Å². The first-order valence-electron chi connectivity index (χ1n) is 6.78. The predicted octanol–water partition coefficient (Wildman–Crippen LogP) is 3.05. The summed E-state index contributed by atoms with van der Waals surface area (Å²) in [7, 11) is 1.29. The Morgan fingerprint density at radius 1 is 1.17 bits per heavy atom. The number of carbonyl (C=O) groups is 2. The number of anilines is 1. The average Bonchev–Trinajstić information content (AvgIpc) is 2.47. The molecule has 0 heterocycles. The molecule has 0 fully saturated rings. The van der Waals surface area contributed by atoms with Crippen molar-refractivity contribution >= 4 is 17.7 Å². The van der Waals surface area contributed by atoms with E-state index in [1.807, 2.05) is 0 Å². The molecule has 1 aromatic carbocycles. The number of ether oxygens (including phenoxy) is 2. The first-order valence-corrected chi connectivity index (χ1v) is 6.78. The summed E-state index contributed by atoms with van der Waals surface area (Å²) in [4.78, 5) is 22.5. The minimum absolute atomic E-state index is 0.100. The van der Waals surface area contributed by atoms with Gasteiger partial charge in [-0.2, -0.15) is 0 Å². The molecule has 128 valence electrons. The lowest BCUT2D eigenvalue weighted by atomic mass is 10.2. The number of alkyl halides is 3. The van der Waals surface area contributed by atoms with E-state index in [-0.39, 0.29) is 24.6 Å². The highest BCUT2D eigenvalue weighted by atomic mass is 19.4. The summed E-state index contributed by atoms with van der Waals surface area (Å²) >= 11 is 0. The Balaban J connectivity index is 2.41. The Morgan fingerprint density at radius 2 is 1.87 bits per heavy atom. The van der Waals surface area contributed by atoms with Crippen molar-refractivity contribution in [2.75, 3.05) is 19.0 Å². The van der Waals surface area contributed by atoms with Crippen molar-refractivity contribution in [1.82, 2.24) is 5.32 Å². The lowest BCUT2D eigenvalue weighted by Crippen LogP contribution is -2.30. The molecule has 0 radical (unpaired) electrons. The smallest absolute Gasteiger partial charge is 0.469 e. The molecule has 0 aliphatic rings. The number of urea groups is 1. The first kappa shape index (κ1) is 18.6. The molecular weight excluding hydrogens is 317 g/mol. The monoisotopic (exact) mass is 334 g/mol. The minimum Gasteiger partial charge on any atom is -0.469 e. The van der Waals surface area contributed by atoms with E-state index in [4.69, 9.17) is 0 Å². The fraction of sp³-hybridized carbons (Fsp3) is 0.429. The minimum atomic E-state index is -4.85. The van der Waals surface area contributed by atoms with E-state index in [1.165, 1.54) is 25.3 Å². The summed E-state index contributed by atoms with van der Waals surface area (Å²) in [5.74, 6) is -0.839. The highest BCUT2D eigenvalue weighted by molar-refractivity contribution is 5.90. The number of amides is 2. The van der Waals surface area contributed by atoms with Gasteiger partial charge >= 0.3 is 18.4 Å². The number of rotatable bonds is 7. The van der Waals surface area contributed by atoms with Gasteiger partial charge in [-0.1, -0.05) is 12.1 Å². The van der Waals surface area contributed by atoms with Gasteiger partial charge in [0.2, 0.25) is 0 Å². The largest absolute Gasteiger partial charge is 0.573 e. The van der Waals surface area contributed by atoms with Gasteiger partial charge in [0.05, 0.1) is 12.8 Å². The number of methoxy groups -OCH3 is 1. The van der Waals surface area contributed by atoms with Crippen LogP contribution in [0, 0.1) is 0 Å². The number of nitrogens with one attached hydrogen (secondary N) is 2. The highest BCUT2D eigenvalue weighted by Crippen LogP contribution is 2.29. The third kappa shape index (κ3) is 7.93. The van der Waals surface area contributed by atoms with Gasteiger partial charge in [-0.25, -0.2) is 4.79 Å². The lowest BCUT2D eigenvalue weighted by molar-refractivity contribution is -0.274. The maximum atomic E-state index is 12.3. The van der Waals surface area contributed by atoms with Crippen LogP contribution in [0.4, 0.5) is 23.7 Å². The molecule has 0 atom stereocenters. The van der Waals surface area contributed by atoms with Crippen molar-refractivity contribution in [3.63, 3.8) is 0 Å². The van der Waals surface area contributed by atoms with E-state index in [0.29, 0.717) is 12.8 Å². The molecule has 0 aromatic heterocycles. The average molecular weight is 334 g/mol. The van der Waals surface area contributed by atoms with Gasteiger partial charge in [0.25, 0.3) is 0 Å². The summed E-state index contributed by atoms with van der Waals surface area (Å²) in [6, 6.07) is 4.55. The maximum absolute atomic E-state index is 12.3. The van der Waals surface area contributed by atoms with Crippen LogP contribution in [0.5, 0.6) is 5.75 Å². The summed E-state index contributed by atoms with van der Waals surface area (Å²) in [5.41, 5.74) is -0.100. The molecule has 23 heavy (non-hydrogen) atoms. The zero-order chi connectivity index (χ0) is 17.3. The fourth-order valence-electron chi connectivity index (χ4n) is 1.65. The van der Waals surface area contributed by atoms with Crippen molar-refractivity contribution in [1.29, 1.82) is 0 Å². The molecule has 1 aromatic rings. The number of unbranched alkanes of at least 4 members (excludes halogenated alkanes) is 1. The fourth-order valence-corrected chi connectivity index (χ4v) is 1.65. The van der Waals surface area contributed by atoms with Crippen LogP contribution >= 0.6 is 0 Å². The second-order valence-corrected chi connectivity index (χ2v) is 4.46. The van der Waals surface area contributed by atoms with E-state index in [1.54, 1.807) is 0 Å². The summed E-state index contributed by atoms with van der Waals surface area (Å²) in [6.07, 6.45) is -3.55. The molecule has 6 nitrogen and oxygen atoms in total. The highest BCUT2D eigenvalue weighted by Gasteiger charge is 2.32.